The predicted molar refractivity (Wildman–Crippen MR) is 89.1 cm³/mol. The molecule has 1 heterocycles. The van der Waals surface area contributed by atoms with Gasteiger partial charge in [-0.05, 0) is 12.1 Å². The van der Waals surface area contributed by atoms with E-state index in [0.717, 1.165) is 18.4 Å². The highest BCUT2D eigenvalue weighted by Crippen LogP contribution is 2.27. The molecule has 11 nitrogen and oxygen atoms in total. The van der Waals surface area contributed by atoms with Crippen molar-refractivity contribution in [3.63, 3.8) is 0 Å². The van der Waals surface area contributed by atoms with Crippen LogP contribution in [0.5, 0.6) is 0 Å². The molecule has 13 heteroatoms. The second-order valence-corrected chi connectivity index (χ2v) is 8.96. The molecule has 1 atom stereocenters. The maximum absolute atomic E-state index is 11.8. The Bertz CT molecular complexity index is 869. The number of nitrogens with one attached hydrogen (secondary N) is 1. The molecule has 1 aliphatic heterocycles. The first-order valence-corrected chi connectivity index (χ1v) is 10.5. The lowest BCUT2D eigenvalue weighted by molar-refractivity contribution is -0.384. The van der Waals surface area contributed by atoms with Crippen LogP contribution in [0.2, 0.25) is 0 Å². The molecule has 1 aromatic rings. The van der Waals surface area contributed by atoms with Gasteiger partial charge in [-0.25, -0.2) is 22.0 Å². The number of hydrogen-bond donors (Lipinski definition) is 2. The number of nitro benzene ring substituents is 1. The number of anilines is 1. The van der Waals surface area contributed by atoms with Gasteiger partial charge in [0.25, 0.3) is 5.69 Å². The van der Waals surface area contributed by atoms with E-state index in [9.17, 15) is 26.9 Å². The second kappa shape index (κ2) is 7.21. The van der Waals surface area contributed by atoms with Crippen LogP contribution < -0.4 is 10.5 Å². The summed E-state index contributed by atoms with van der Waals surface area (Å²) < 4.78 is 52.7. The lowest BCUT2D eigenvalue weighted by atomic mass is 10.2. The first-order chi connectivity index (χ1) is 11.5. The van der Waals surface area contributed by atoms with Crippen molar-refractivity contribution in [2.24, 2.45) is 5.14 Å². The number of rotatable bonds is 6. The summed E-state index contributed by atoms with van der Waals surface area (Å²) in [6, 6.07) is 2.66. The number of morpholine rings is 1. The van der Waals surface area contributed by atoms with Gasteiger partial charge in [-0.3, -0.25) is 10.1 Å². The van der Waals surface area contributed by atoms with E-state index < -0.39 is 36.7 Å². The van der Waals surface area contributed by atoms with Crippen LogP contribution in [0.25, 0.3) is 0 Å². The van der Waals surface area contributed by atoms with Crippen molar-refractivity contribution in [2.45, 2.75) is 10.9 Å². The second-order valence-electron chi connectivity index (χ2n) is 5.46. The third kappa shape index (κ3) is 4.85. The van der Waals surface area contributed by atoms with Crippen LogP contribution in [0.4, 0.5) is 11.4 Å². The van der Waals surface area contributed by atoms with E-state index in [1.807, 2.05) is 0 Å². The summed E-state index contributed by atoms with van der Waals surface area (Å²) in [6.45, 7) is 0.663. The Labute approximate surface area is 145 Å². The van der Waals surface area contributed by atoms with Gasteiger partial charge in [-0.2, -0.15) is 4.31 Å². The average Bonchev–Trinajstić information content (AvgIpc) is 2.51. The van der Waals surface area contributed by atoms with Crippen molar-refractivity contribution in [1.82, 2.24) is 4.31 Å². The van der Waals surface area contributed by atoms with Crippen LogP contribution in [0.1, 0.15) is 0 Å². The minimum atomic E-state index is -4.08. The molecule has 0 radical (unpaired) electrons. The normalized spacial score (nSPS) is 19.5. The third-order valence-electron chi connectivity index (χ3n) is 3.62. The summed E-state index contributed by atoms with van der Waals surface area (Å²) in [5.41, 5.74) is -0.425. The zero-order chi connectivity index (χ0) is 18.8. The molecule has 0 aliphatic carbocycles. The number of sulfonamides is 2. The van der Waals surface area contributed by atoms with Gasteiger partial charge < -0.3 is 10.1 Å². The maximum atomic E-state index is 11.8. The Balaban J connectivity index is 2.23. The monoisotopic (exact) mass is 394 g/mol. The molecule has 0 saturated carbocycles. The van der Waals surface area contributed by atoms with E-state index in [1.165, 1.54) is 10.4 Å². The Kier molecular flexibility index (Phi) is 5.63. The van der Waals surface area contributed by atoms with E-state index in [2.05, 4.69) is 5.32 Å². The van der Waals surface area contributed by atoms with Gasteiger partial charge in [0.2, 0.25) is 20.0 Å². The molecular weight excluding hydrogens is 376 g/mol. The molecule has 2 rings (SSSR count). The Morgan fingerprint density at radius 2 is 2.08 bits per heavy atom. The van der Waals surface area contributed by atoms with Crippen molar-refractivity contribution in [2.75, 3.05) is 37.9 Å². The molecule has 1 fully saturated rings. The molecule has 1 unspecified atom stereocenters. The van der Waals surface area contributed by atoms with Crippen molar-refractivity contribution in [1.29, 1.82) is 0 Å². The molecule has 1 aliphatic rings. The highest BCUT2D eigenvalue weighted by atomic mass is 32.2. The third-order valence-corrected chi connectivity index (χ3v) is 5.87. The van der Waals surface area contributed by atoms with E-state index >= 15 is 0 Å². The highest BCUT2D eigenvalue weighted by Gasteiger charge is 2.30. The smallest absolute Gasteiger partial charge is 0.293 e. The largest absolute Gasteiger partial charge is 0.378 e. The van der Waals surface area contributed by atoms with Gasteiger partial charge in [-0.15, -0.1) is 0 Å². The minimum absolute atomic E-state index is 0.0522. The number of primary sulfonamides is 1. The van der Waals surface area contributed by atoms with Crippen molar-refractivity contribution < 1.29 is 26.5 Å². The van der Waals surface area contributed by atoms with Crippen LogP contribution in [0.15, 0.2) is 23.1 Å². The van der Waals surface area contributed by atoms with Crippen LogP contribution in [0, 0.1) is 10.1 Å². The predicted octanol–water partition coefficient (Wildman–Crippen LogP) is -0.685. The molecule has 0 bridgehead atoms. The number of hydrogen-bond acceptors (Lipinski definition) is 8. The summed E-state index contributed by atoms with van der Waals surface area (Å²) >= 11 is 0. The summed E-state index contributed by atoms with van der Waals surface area (Å²) in [5.74, 6) is 0. The molecule has 3 N–H and O–H groups in total. The van der Waals surface area contributed by atoms with Gasteiger partial charge >= 0.3 is 0 Å². The highest BCUT2D eigenvalue weighted by molar-refractivity contribution is 7.89. The average molecular weight is 394 g/mol. The zero-order valence-corrected chi connectivity index (χ0v) is 14.9. The summed E-state index contributed by atoms with van der Waals surface area (Å²) in [4.78, 5) is 10.0. The minimum Gasteiger partial charge on any atom is -0.378 e. The maximum Gasteiger partial charge on any atom is 0.293 e. The Morgan fingerprint density at radius 3 is 2.64 bits per heavy atom. The number of nitrogens with zero attached hydrogens (tertiary/aromatic N) is 2. The quantitative estimate of drug-likeness (QED) is 0.473. The number of nitrogens with two attached hydrogens (primary N) is 1. The van der Waals surface area contributed by atoms with Gasteiger partial charge in [0, 0.05) is 19.2 Å². The zero-order valence-electron chi connectivity index (χ0n) is 13.3. The molecular formula is C12H18N4O7S2. The van der Waals surface area contributed by atoms with Crippen LogP contribution in [-0.4, -0.2) is 64.7 Å². The van der Waals surface area contributed by atoms with Gasteiger partial charge in [0.1, 0.15) is 5.69 Å². The molecule has 1 saturated heterocycles. The molecule has 0 spiro atoms. The number of benzene rings is 1. The van der Waals surface area contributed by atoms with E-state index in [4.69, 9.17) is 9.88 Å². The number of ether oxygens (including phenoxy) is 1. The van der Waals surface area contributed by atoms with Crippen LogP contribution in [0.3, 0.4) is 0 Å². The topological polar surface area (TPSA) is 162 Å². The standard InChI is InChI=1S/C12H18N4O7S2/c1-24(19,20)15-4-5-23-8-9(15)7-14-11-3-2-10(25(13,21)22)6-12(11)16(17)18/h2-3,6,9,14H,4-5,7-8H2,1H3,(H2,13,21,22). The lowest BCUT2D eigenvalue weighted by Crippen LogP contribution is -2.51. The fourth-order valence-corrected chi connectivity index (χ4v) is 4.07. The fraction of sp³-hybridized carbons (Fsp3) is 0.500. The molecule has 1 aromatic carbocycles. The molecule has 25 heavy (non-hydrogen) atoms. The fourth-order valence-electron chi connectivity index (χ4n) is 2.45. The Hall–Kier alpha value is -1.80. The lowest BCUT2D eigenvalue weighted by Gasteiger charge is -2.33. The van der Waals surface area contributed by atoms with E-state index in [-0.39, 0.29) is 36.9 Å². The van der Waals surface area contributed by atoms with E-state index in [1.54, 1.807) is 0 Å². The van der Waals surface area contributed by atoms with Crippen molar-refractivity contribution in [3.8, 4) is 0 Å². The molecule has 0 amide bonds. The molecule has 140 valence electrons. The van der Waals surface area contributed by atoms with Crippen LogP contribution >= 0.6 is 0 Å². The molecule has 0 aromatic heterocycles. The van der Waals surface area contributed by atoms with E-state index in [0.29, 0.717) is 0 Å². The summed E-state index contributed by atoms with van der Waals surface area (Å²) in [6.07, 6.45) is 1.08. The first kappa shape index (κ1) is 19.5. The Morgan fingerprint density at radius 1 is 1.40 bits per heavy atom. The number of nitro groups is 1. The van der Waals surface area contributed by atoms with Gasteiger partial charge in [0.05, 0.1) is 35.3 Å². The van der Waals surface area contributed by atoms with Gasteiger partial charge in [0.15, 0.2) is 0 Å². The first-order valence-electron chi connectivity index (χ1n) is 7.10. The summed E-state index contributed by atoms with van der Waals surface area (Å²) in [7, 11) is -7.53. The van der Waals surface area contributed by atoms with Crippen molar-refractivity contribution >= 4 is 31.4 Å². The summed E-state index contributed by atoms with van der Waals surface area (Å²) in [5, 5.41) is 18.9. The SMILES string of the molecule is CS(=O)(=O)N1CCOCC1CNc1ccc(S(N)(=O)=O)cc1[N+](=O)[O-]. The van der Waals surface area contributed by atoms with Crippen molar-refractivity contribution in [3.05, 3.63) is 28.3 Å². The van der Waals surface area contributed by atoms with Crippen LogP contribution in [-0.2, 0) is 24.8 Å². The van der Waals surface area contributed by atoms with Gasteiger partial charge in [-0.1, -0.05) is 0 Å².